The normalized spacial score (nSPS) is 18.2. The van der Waals surface area contributed by atoms with Gasteiger partial charge in [0.05, 0.1) is 6.21 Å². The minimum Gasteiger partial charge on any atom is -0.366 e. The first-order valence-corrected chi connectivity index (χ1v) is 10.1. The summed E-state index contributed by atoms with van der Waals surface area (Å²) >= 11 is 5.94. The standard InChI is InChI=1S/C23H28ClN3O/c1-6-27-21-10-15(2)18(12-20(21)16(3)13-23(27,4)5)14-25-26-22(28)17-8-7-9-19(24)11-17/h7-12,14,16H,6,13H2,1-5H3,(H,26,28)/b25-14-. The number of hydrazone groups is 1. The van der Waals surface area contributed by atoms with Gasteiger partial charge in [0.25, 0.3) is 5.91 Å². The summed E-state index contributed by atoms with van der Waals surface area (Å²) in [6.07, 6.45) is 2.83. The lowest BCUT2D eigenvalue weighted by molar-refractivity contribution is 0.0955. The number of hydrogen-bond acceptors (Lipinski definition) is 3. The van der Waals surface area contributed by atoms with Crippen molar-refractivity contribution in [1.82, 2.24) is 5.43 Å². The molecule has 0 spiro atoms. The number of hydrogen-bond donors (Lipinski definition) is 1. The molecule has 1 amide bonds. The smallest absolute Gasteiger partial charge is 0.271 e. The molecular weight excluding hydrogens is 370 g/mol. The molecule has 148 valence electrons. The van der Waals surface area contributed by atoms with Crippen LogP contribution in [0, 0.1) is 6.92 Å². The molecule has 0 aromatic heterocycles. The molecule has 0 bridgehead atoms. The van der Waals surface area contributed by atoms with E-state index in [9.17, 15) is 4.79 Å². The van der Waals surface area contributed by atoms with Crippen LogP contribution in [0.4, 0.5) is 5.69 Å². The molecule has 5 heteroatoms. The average molecular weight is 398 g/mol. The van der Waals surface area contributed by atoms with Gasteiger partial charge in [0.1, 0.15) is 0 Å². The molecule has 2 aromatic carbocycles. The minimum absolute atomic E-state index is 0.147. The Kier molecular flexibility index (Phi) is 5.80. The fraction of sp³-hybridized carbons (Fsp3) is 0.391. The van der Waals surface area contributed by atoms with Crippen molar-refractivity contribution in [2.75, 3.05) is 11.4 Å². The van der Waals surface area contributed by atoms with Gasteiger partial charge >= 0.3 is 0 Å². The molecule has 1 heterocycles. The molecule has 28 heavy (non-hydrogen) atoms. The molecule has 2 aromatic rings. The molecule has 1 unspecified atom stereocenters. The summed E-state index contributed by atoms with van der Waals surface area (Å²) in [6, 6.07) is 11.3. The first-order chi connectivity index (χ1) is 13.2. The zero-order chi connectivity index (χ0) is 20.5. The number of fused-ring (bicyclic) bond motifs is 1. The molecule has 4 nitrogen and oxygen atoms in total. The van der Waals surface area contributed by atoms with Crippen LogP contribution in [0.3, 0.4) is 0 Å². The monoisotopic (exact) mass is 397 g/mol. The van der Waals surface area contributed by atoms with Crippen LogP contribution in [0.25, 0.3) is 0 Å². The highest BCUT2D eigenvalue weighted by molar-refractivity contribution is 6.30. The minimum atomic E-state index is -0.276. The molecule has 1 N–H and O–H groups in total. The van der Waals surface area contributed by atoms with Crippen LogP contribution in [0.5, 0.6) is 0 Å². The van der Waals surface area contributed by atoms with Gasteiger partial charge in [-0.2, -0.15) is 5.10 Å². The van der Waals surface area contributed by atoms with Gasteiger partial charge < -0.3 is 4.90 Å². The van der Waals surface area contributed by atoms with Crippen molar-refractivity contribution in [1.29, 1.82) is 0 Å². The fourth-order valence-electron chi connectivity index (χ4n) is 4.24. The van der Waals surface area contributed by atoms with Crippen molar-refractivity contribution in [2.24, 2.45) is 5.10 Å². The zero-order valence-electron chi connectivity index (χ0n) is 17.2. The van der Waals surface area contributed by atoms with Crippen molar-refractivity contribution in [3.63, 3.8) is 0 Å². The number of carbonyl (C=O) groups is 1. The Morgan fingerprint density at radius 1 is 1.36 bits per heavy atom. The number of aryl methyl sites for hydroxylation is 1. The third-order valence-electron chi connectivity index (χ3n) is 5.55. The number of halogens is 1. The SMILES string of the molecule is CCN1c2cc(C)c(/C=N\NC(=O)c3cccc(Cl)c3)cc2C(C)CC1(C)C. The van der Waals surface area contributed by atoms with Gasteiger partial charge in [-0.15, -0.1) is 0 Å². The highest BCUT2D eigenvalue weighted by Gasteiger charge is 2.35. The van der Waals surface area contributed by atoms with Crippen LogP contribution in [0.2, 0.25) is 5.02 Å². The van der Waals surface area contributed by atoms with Crippen LogP contribution in [0.15, 0.2) is 41.5 Å². The number of anilines is 1. The van der Waals surface area contributed by atoms with Gasteiger partial charge in [-0.3, -0.25) is 4.79 Å². The predicted octanol–water partition coefficient (Wildman–Crippen LogP) is 5.52. The van der Waals surface area contributed by atoms with Crippen molar-refractivity contribution in [2.45, 2.75) is 52.5 Å². The summed E-state index contributed by atoms with van der Waals surface area (Å²) in [5.41, 5.74) is 8.04. The maximum absolute atomic E-state index is 12.2. The third-order valence-corrected chi connectivity index (χ3v) is 5.78. The Morgan fingerprint density at radius 3 is 2.79 bits per heavy atom. The molecule has 3 rings (SSSR count). The van der Waals surface area contributed by atoms with Crippen molar-refractivity contribution in [3.8, 4) is 0 Å². The number of benzene rings is 2. The molecule has 0 saturated carbocycles. The van der Waals surface area contributed by atoms with Crippen LogP contribution in [-0.2, 0) is 0 Å². The largest absolute Gasteiger partial charge is 0.366 e. The van der Waals surface area contributed by atoms with Crippen molar-refractivity contribution >= 4 is 29.4 Å². The third kappa shape index (κ3) is 4.07. The maximum atomic E-state index is 12.2. The number of nitrogens with zero attached hydrogens (tertiary/aromatic N) is 2. The first kappa shape index (κ1) is 20.4. The van der Waals surface area contributed by atoms with Crippen LogP contribution < -0.4 is 10.3 Å². The number of carbonyl (C=O) groups excluding carboxylic acids is 1. The van der Waals surface area contributed by atoms with E-state index in [1.54, 1.807) is 30.5 Å². The van der Waals surface area contributed by atoms with Crippen LogP contribution in [-0.4, -0.2) is 24.2 Å². The summed E-state index contributed by atoms with van der Waals surface area (Å²) in [5, 5.41) is 4.70. The number of nitrogens with one attached hydrogen (secondary N) is 1. The number of rotatable bonds is 4. The van der Waals surface area contributed by atoms with Gasteiger partial charge in [-0.1, -0.05) is 24.6 Å². The van der Waals surface area contributed by atoms with E-state index in [2.05, 4.69) is 62.2 Å². The second-order valence-corrected chi connectivity index (χ2v) is 8.58. The Bertz CT molecular complexity index is 920. The molecule has 0 saturated heterocycles. The molecule has 0 fully saturated rings. The molecule has 1 atom stereocenters. The lowest BCUT2D eigenvalue weighted by atomic mass is 9.79. The quantitative estimate of drug-likeness (QED) is 0.545. The summed E-state index contributed by atoms with van der Waals surface area (Å²) in [4.78, 5) is 14.7. The van der Waals surface area contributed by atoms with Crippen molar-refractivity contribution in [3.05, 3.63) is 63.7 Å². The molecule has 0 aliphatic carbocycles. The zero-order valence-corrected chi connectivity index (χ0v) is 18.0. The highest BCUT2D eigenvalue weighted by Crippen LogP contribution is 2.43. The molecule has 1 aliphatic rings. The summed E-state index contributed by atoms with van der Waals surface area (Å²) in [5.74, 6) is 0.197. The Morgan fingerprint density at radius 2 is 2.11 bits per heavy atom. The Balaban J connectivity index is 1.83. The van der Waals surface area contributed by atoms with Gasteiger partial charge in [0.15, 0.2) is 0 Å². The molecule has 0 radical (unpaired) electrons. The fourth-order valence-corrected chi connectivity index (χ4v) is 4.43. The Hall–Kier alpha value is -2.33. The predicted molar refractivity (Wildman–Crippen MR) is 118 cm³/mol. The van der Waals surface area contributed by atoms with Crippen LogP contribution in [0.1, 0.15) is 67.1 Å². The summed E-state index contributed by atoms with van der Waals surface area (Å²) in [7, 11) is 0. The van der Waals surface area contributed by atoms with Gasteiger partial charge in [0.2, 0.25) is 0 Å². The van der Waals surface area contributed by atoms with E-state index in [0.717, 1.165) is 24.1 Å². The average Bonchev–Trinajstić information content (AvgIpc) is 2.62. The van der Waals surface area contributed by atoms with E-state index < -0.39 is 0 Å². The van der Waals surface area contributed by atoms with Gasteiger partial charge in [0, 0.05) is 28.4 Å². The van der Waals surface area contributed by atoms with E-state index in [4.69, 9.17) is 11.6 Å². The van der Waals surface area contributed by atoms with Gasteiger partial charge in [-0.05, 0) is 87.1 Å². The lowest BCUT2D eigenvalue weighted by Gasteiger charge is -2.47. The highest BCUT2D eigenvalue weighted by atomic mass is 35.5. The summed E-state index contributed by atoms with van der Waals surface area (Å²) in [6.45, 7) is 12.2. The van der Waals surface area contributed by atoms with E-state index in [0.29, 0.717) is 16.5 Å². The first-order valence-electron chi connectivity index (χ1n) is 9.74. The van der Waals surface area contributed by atoms with Crippen molar-refractivity contribution < 1.29 is 4.79 Å². The van der Waals surface area contributed by atoms with E-state index in [1.165, 1.54) is 11.3 Å². The van der Waals surface area contributed by atoms with E-state index in [-0.39, 0.29) is 11.4 Å². The van der Waals surface area contributed by atoms with E-state index in [1.807, 2.05) is 0 Å². The second kappa shape index (κ2) is 7.96. The second-order valence-electron chi connectivity index (χ2n) is 8.14. The number of amides is 1. The topological polar surface area (TPSA) is 44.7 Å². The molecule has 1 aliphatic heterocycles. The lowest BCUT2D eigenvalue weighted by Crippen LogP contribution is -2.48. The van der Waals surface area contributed by atoms with E-state index >= 15 is 0 Å². The van der Waals surface area contributed by atoms with Crippen LogP contribution >= 0.6 is 11.6 Å². The van der Waals surface area contributed by atoms with Gasteiger partial charge in [-0.25, -0.2) is 5.43 Å². The Labute approximate surface area is 172 Å². The summed E-state index contributed by atoms with van der Waals surface area (Å²) < 4.78 is 0. The molecular formula is C23H28ClN3O. The maximum Gasteiger partial charge on any atom is 0.271 e.